The number of rotatable bonds is 7. The smallest absolute Gasteiger partial charge is 0.256 e. The Morgan fingerprint density at radius 2 is 1.69 bits per heavy atom. The first-order valence-electron chi connectivity index (χ1n) is 13.2. The Hall–Kier alpha value is -3.35. The lowest BCUT2D eigenvalue weighted by atomic mass is 10.1. The molecule has 0 radical (unpaired) electrons. The molecule has 1 aliphatic heterocycles. The van der Waals surface area contributed by atoms with Crippen LogP contribution in [0.3, 0.4) is 0 Å². The van der Waals surface area contributed by atoms with E-state index in [4.69, 9.17) is 0 Å². The van der Waals surface area contributed by atoms with Gasteiger partial charge in [-0.2, -0.15) is 0 Å². The topological polar surface area (TPSA) is 73.0 Å². The second kappa shape index (κ2) is 12.1. The molecule has 1 aliphatic carbocycles. The van der Waals surface area contributed by atoms with E-state index in [1.54, 1.807) is 24.9 Å². The molecule has 0 bridgehead atoms. The highest BCUT2D eigenvalue weighted by molar-refractivity contribution is 6.02. The average Bonchev–Trinajstić information content (AvgIpc) is 3.33. The van der Waals surface area contributed by atoms with Crippen molar-refractivity contribution < 1.29 is 14.4 Å². The third kappa shape index (κ3) is 6.25. The zero-order chi connectivity index (χ0) is 25.5. The van der Waals surface area contributed by atoms with Gasteiger partial charge in [0.15, 0.2) is 0 Å². The van der Waals surface area contributed by atoms with E-state index < -0.39 is 0 Å². The van der Waals surface area contributed by atoms with E-state index in [2.05, 4.69) is 10.2 Å². The second-order valence-electron chi connectivity index (χ2n) is 9.93. The van der Waals surface area contributed by atoms with E-state index in [0.717, 1.165) is 56.4 Å². The third-order valence-corrected chi connectivity index (χ3v) is 7.29. The van der Waals surface area contributed by atoms with Gasteiger partial charge in [0.25, 0.3) is 5.91 Å². The first kappa shape index (κ1) is 25.7. The van der Waals surface area contributed by atoms with Gasteiger partial charge in [-0.05, 0) is 43.0 Å². The number of amides is 3. The molecule has 0 spiro atoms. The van der Waals surface area contributed by atoms with Crippen molar-refractivity contribution in [2.24, 2.45) is 5.92 Å². The van der Waals surface area contributed by atoms with Crippen LogP contribution in [-0.2, 0) is 16.1 Å². The summed E-state index contributed by atoms with van der Waals surface area (Å²) in [6, 6.07) is 15.5. The minimum Gasteiger partial charge on any atom is -0.369 e. The van der Waals surface area contributed by atoms with Crippen LogP contribution < -0.4 is 10.2 Å². The molecule has 4 rings (SSSR count). The largest absolute Gasteiger partial charge is 0.369 e. The van der Waals surface area contributed by atoms with Gasteiger partial charge in [-0.25, -0.2) is 0 Å². The molecule has 1 N–H and O–H groups in total. The SMILES string of the molecule is CCC(=O)Nc1ccc(N2CCCN(C(=O)C3CCCC3)CC2)c(C(=O)N(C)Cc2ccccc2)c1. The minimum atomic E-state index is -0.0930. The van der Waals surface area contributed by atoms with Gasteiger partial charge >= 0.3 is 0 Å². The summed E-state index contributed by atoms with van der Waals surface area (Å²) in [6.45, 7) is 5.18. The van der Waals surface area contributed by atoms with E-state index in [9.17, 15) is 14.4 Å². The molecular formula is C29H38N4O3. The number of nitrogens with one attached hydrogen (secondary N) is 1. The summed E-state index contributed by atoms with van der Waals surface area (Å²) in [6.07, 6.45) is 5.56. The zero-order valence-electron chi connectivity index (χ0n) is 21.5. The fourth-order valence-corrected chi connectivity index (χ4v) is 5.25. The Balaban J connectivity index is 1.55. The van der Waals surface area contributed by atoms with Gasteiger partial charge in [-0.3, -0.25) is 14.4 Å². The van der Waals surface area contributed by atoms with Crippen LogP contribution in [0.5, 0.6) is 0 Å². The van der Waals surface area contributed by atoms with Crippen LogP contribution in [0.4, 0.5) is 11.4 Å². The molecule has 192 valence electrons. The van der Waals surface area contributed by atoms with Crippen LogP contribution in [0.1, 0.15) is 61.4 Å². The quantitative estimate of drug-likeness (QED) is 0.619. The van der Waals surface area contributed by atoms with Crippen LogP contribution in [0.25, 0.3) is 0 Å². The predicted molar refractivity (Wildman–Crippen MR) is 143 cm³/mol. The van der Waals surface area contributed by atoms with Gasteiger partial charge in [0, 0.05) is 63.5 Å². The number of benzene rings is 2. The van der Waals surface area contributed by atoms with Crippen molar-refractivity contribution in [1.29, 1.82) is 0 Å². The lowest BCUT2D eigenvalue weighted by Crippen LogP contribution is -2.38. The lowest BCUT2D eigenvalue weighted by Gasteiger charge is -2.28. The molecule has 1 heterocycles. The van der Waals surface area contributed by atoms with E-state index in [0.29, 0.717) is 43.2 Å². The average molecular weight is 491 g/mol. The Bertz CT molecular complexity index is 1070. The van der Waals surface area contributed by atoms with Crippen molar-refractivity contribution in [2.45, 2.75) is 52.0 Å². The summed E-state index contributed by atoms with van der Waals surface area (Å²) in [5.41, 5.74) is 3.10. The number of hydrogen-bond acceptors (Lipinski definition) is 4. The summed E-state index contributed by atoms with van der Waals surface area (Å²) in [7, 11) is 1.81. The molecule has 2 fully saturated rings. The number of hydrogen-bond donors (Lipinski definition) is 1. The Morgan fingerprint density at radius 3 is 2.42 bits per heavy atom. The molecule has 3 amide bonds. The van der Waals surface area contributed by atoms with Gasteiger partial charge in [-0.1, -0.05) is 50.1 Å². The molecule has 0 atom stereocenters. The summed E-state index contributed by atoms with van der Waals surface area (Å²) in [5, 5.41) is 2.89. The molecule has 1 saturated heterocycles. The maximum absolute atomic E-state index is 13.7. The molecule has 1 saturated carbocycles. The van der Waals surface area contributed by atoms with Crippen molar-refractivity contribution in [1.82, 2.24) is 9.80 Å². The molecular weight excluding hydrogens is 452 g/mol. The number of anilines is 2. The highest BCUT2D eigenvalue weighted by Crippen LogP contribution is 2.29. The third-order valence-electron chi connectivity index (χ3n) is 7.29. The molecule has 2 aromatic rings. The normalized spacial score (nSPS) is 16.5. The summed E-state index contributed by atoms with van der Waals surface area (Å²) in [4.78, 5) is 44.7. The molecule has 0 unspecified atom stereocenters. The predicted octanol–water partition coefficient (Wildman–Crippen LogP) is 4.54. The van der Waals surface area contributed by atoms with Crippen LogP contribution in [-0.4, -0.2) is 60.7 Å². The summed E-state index contributed by atoms with van der Waals surface area (Å²) < 4.78 is 0. The van der Waals surface area contributed by atoms with Gasteiger partial charge in [0.2, 0.25) is 11.8 Å². The van der Waals surface area contributed by atoms with Gasteiger partial charge < -0.3 is 20.0 Å². The first-order valence-corrected chi connectivity index (χ1v) is 13.2. The van der Waals surface area contributed by atoms with Crippen LogP contribution in [0.2, 0.25) is 0 Å². The zero-order valence-corrected chi connectivity index (χ0v) is 21.5. The van der Waals surface area contributed by atoms with E-state index in [1.165, 1.54) is 0 Å². The first-order chi connectivity index (χ1) is 17.5. The maximum Gasteiger partial charge on any atom is 0.256 e. The summed E-state index contributed by atoms with van der Waals surface area (Å²) in [5.74, 6) is 0.298. The number of carbonyl (C=O) groups excluding carboxylic acids is 3. The summed E-state index contributed by atoms with van der Waals surface area (Å²) >= 11 is 0. The van der Waals surface area contributed by atoms with Crippen molar-refractivity contribution in [3.63, 3.8) is 0 Å². The molecule has 2 aliphatic rings. The molecule has 7 heteroatoms. The maximum atomic E-state index is 13.7. The van der Waals surface area contributed by atoms with Crippen LogP contribution in [0, 0.1) is 5.92 Å². The highest BCUT2D eigenvalue weighted by atomic mass is 16.2. The Labute approximate surface area is 214 Å². The molecule has 0 aromatic heterocycles. The van der Waals surface area contributed by atoms with E-state index >= 15 is 0 Å². The van der Waals surface area contributed by atoms with Gasteiger partial charge in [0.1, 0.15) is 0 Å². The molecule has 2 aromatic carbocycles. The van der Waals surface area contributed by atoms with Crippen LogP contribution >= 0.6 is 0 Å². The fraction of sp³-hybridized carbons (Fsp3) is 0.483. The standard InChI is InChI=1S/C29H38N4O3/c1-3-27(34)30-24-14-15-26(25(20-24)29(36)31(2)21-22-10-5-4-6-11-22)32-16-9-17-33(19-18-32)28(35)23-12-7-8-13-23/h4-6,10-11,14-15,20,23H,3,7-9,12-13,16-19,21H2,1-2H3,(H,30,34). The van der Waals surface area contributed by atoms with E-state index in [1.807, 2.05) is 47.4 Å². The number of nitrogens with zero attached hydrogens (tertiary/aromatic N) is 3. The van der Waals surface area contributed by atoms with E-state index in [-0.39, 0.29) is 17.7 Å². The second-order valence-corrected chi connectivity index (χ2v) is 9.93. The lowest BCUT2D eigenvalue weighted by molar-refractivity contribution is -0.135. The fourth-order valence-electron chi connectivity index (χ4n) is 5.25. The number of carbonyl (C=O) groups is 3. The van der Waals surface area contributed by atoms with Crippen molar-refractivity contribution in [2.75, 3.05) is 43.4 Å². The molecule has 7 nitrogen and oxygen atoms in total. The Kier molecular flexibility index (Phi) is 8.62. The molecule has 36 heavy (non-hydrogen) atoms. The Morgan fingerprint density at radius 1 is 0.944 bits per heavy atom. The van der Waals surface area contributed by atoms with Crippen molar-refractivity contribution >= 4 is 29.1 Å². The van der Waals surface area contributed by atoms with Crippen LogP contribution in [0.15, 0.2) is 48.5 Å². The highest BCUT2D eigenvalue weighted by Gasteiger charge is 2.29. The van der Waals surface area contributed by atoms with Gasteiger partial charge in [0.05, 0.1) is 5.56 Å². The minimum absolute atomic E-state index is 0.0883. The van der Waals surface area contributed by atoms with Crippen molar-refractivity contribution in [3.8, 4) is 0 Å². The van der Waals surface area contributed by atoms with Crippen molar-refractivity contribution in [3.05, 3.63) is 59.7 Å². The van der Waals surface area contributed by atoms with Gasteiger partial charge in [-0.15, -0.1) is 0 Å². The monoisotopic (exact) mass is 490 g/mol.